The minimum atomic E-state index is 0.317. The van der Waals surface area contributed by atoms with Crippen LogP contribution in [0.3, 0.4) is 0 Å². The third kappa shape index (κ3) is 4.44. The highest BCUT2D eigenvalue weighted by Gasteiger charge is 2.17. The van der Waals surface area contributed by atoms with Crippen LogP contribution in [0.25, 0.3) is 33.4 Å². The fourth-order valence-electron chi connectivity index (χ4n) is 4.42. The van der Waals surface area contributed by atoms with Crippen molar-refractivity contribution in [3.8, 4) is 34.3 Å². The molecule has 0 spiro atoms. The lowest BCUT2D eigenvalue weighted by Crippen LogP contribution is -2.03. The molecule has 0 atom stereocenters. The number of anilines is 2. The minimum absolute atomic E-state index is 0.317. The first-order chi connectivity index (χ1) is 18.0. The van der Waals surface area contributed by atoms with E-state index in [2.05, 4.69) is 31.3 Å². The first-order valence-electron chi connectivity index (χ1n) is 11.8. The second-order valence-electron chi connectivity index (χ2n) is 8.50. The van der Waals surface area contributed by atoms with Crippen LogP contribution in [0.1, 0.15) is 22.5 Å². The standard InChI is InChI=1S/C29H25N7O/c1-17-20(7-5-10-24(17)35-28-27-26(11-6-14-32-27)33-18(2)34-28)21-8-4-9-22(23(21)16-31)25-13-12-19(15-30)29(36-25)37-3/h4-14H,15,30H2,1-3H3,(H,33,34,35). The minimum Gasteiger partial charge on any atom is -0.481 e. The zero-order valence-corrected chi connectivity index (χ0v) is 20.8. The van der Waals surface area contributed by atoms with Crippen LogP contribution < -0.4 is 15.8 Å². The van der Waals surface area contributed by atoms with E-state index in [-0.39, 0.29) is 0 Å². The highest BCUT2D eigenvalue weighted by atomic mass is 16.5. The summed E-state index contributed by atoms with van der Waals surface area (Å²) in [7, 11) is 1.56. The van der Waals surface area contributed by atoms with E-state index in [1.807, 2.05) is 74.5 Å². The van der Waals surface area contributed by atoms with Crippen LogP contribution in [0.15, 0.2) is 66.9 Å². The molecular formula is C29H25N7O. The van der Waals surface area contributed by atoms with Gasteiger partial charge in [-0.3, -0.25) is 4.98 Å². The molecule has 0 bridgehead atoms. The van der Waals surface area contributed by atoms with E-state index in [4.69, 9.17) is 10.5 Å². The van der Waals surface area contributed by atoms with Gasteiger partial charge < -0.3 is 15.8 Å². The van der Waals surface area contributed by atoms with Crippen molar-refractivity contribution in [2.75, 3.05) is 12.4 Å². The lowest BCUT2D eigenvalue weighted by Gasteiger charge is -2.16. The van der Waals surface area contributed by atoms with E-state index in [0.29, 0.717) is 40.8 Å². The third-order valence-corrected chi connectivity index (χ3v) is 6.25. The largest absolute Gasteiger partial charge is 0.481 e. The summed E-state index contributed by atoms with van der Waals surface area (Å²) < 4.78 is 5.42. The van der Waals surface area contributed by atoms with Crippen LogP contribution in [-0.2, 0) is 6.54 Å². The Morgan fingerprint density at radius 1 is 0.919 bits per heavy atom. The SMILES string of the molecule is COc1nc(-c2cccc(-c3cccc(Nc4nc(C)nc5cccnc45)c3C)c2C#N)ccc1CN. The number of nitrogens with zero attached hydrogens (tertiary/aromatic N) is 5. The van der Waals surface area contributed by atoms with Gasteiger partial charge in [0.1, 0.15) is 17.4 Å². The van der Waals surface area contributed by atoms with Gasteiger partial charge in [-0.1, -0.05) is 36.4 Å². The molecule has 37 heavy (non-hydrogen) atoms. The number of hydrogen-bond acceptors (Lipinski definition) is 8. The maximum Gasteiger partial charge on any atom is 0.218 e. The Morgan fingerprint density at radius 2 is 1.70 bits per heavy atom. The molecule has 0 aliphatic rings. The number of aromatic nitrogens is 4. The van der Waals surface area contributed by atoms with Crippen LogP contribution in [0.4, 0.5) is 11.5 Å². The van der Waals surface area contributed by atoms with Crippen molar-refractivity contribution in [3.05, 3.63) is 89.4 Å². The number of nitrogens with one attached hydrogen (secondary N) is 1. The van der Waals surface area contributed by atoms with Crippen molar-refractivity contribution in [2.24, 2.45) is 5.73 Å². The van der Waals surface area contributed by atoms with Gasteiger partial charge in [0, 0.05) is 35.1 Å². The van der Waals surface area contributed by atoms with Gasteiger partial charge in [-0.25, -0.2) is 15.0 Å². The number of aryl methyl sites for hydroxylation is 1. The fraction of sp³-hybridized carbons (Fsp3) is 0.138. The smallest absolute Gasteiger partial charge is 0.218 e. The van der Waals surface area contributed by atoms with Crippen molar-refractivity contribution >= 4 is 22.5 Å². The molecule has 0 aliphatic heterocycles. The van der Waals surface area contributed by atoms with Crippen molar-refractivity contribution in [2.45, 2.75) is 20.4 Å². The van der Waals surface area contributed by atoms with E-state index in [0.717, 1.165) is 39.0 Å². The summed E-state index contributed by atoms with van der Waals surface area (Å²) in [5, 5.41) is 13.7. The molecule has 2 aromatic carbocycles. The Bertz CT molecular complexity index is 1670. The molecule has 5 aromatic rings. The first kappa shape index (κ1) is 23.9. The van der Waals surface area contributed by atoms with E-state index < -0.39 is 0 Å². The average Bonchev–Trinajstić information content (AvgIpc) is 2.93. The molecule has 0 radical (unpaired) electrons. The second-order valence-corrected chi connectivity index (χ2v) is 8.50. The summed E-state index contributed by atoms with van der Waals surface area (Å²) in [6, 6.07) is 21.6. The predicted octanol–water partition coefficient (Wildman–Crippen LogP) is 5.45. The molecule has 0 fully saturated rings. The highest BCUT2D eigenvalue weighted by molar-refractivity contribution is 5.89. The lowest BCUT2D eigenvalue weighted by molar-refractivity contribution is 0.393. The van der Waals surface area contributed by atoms with Crippen molar-refractivity contribution < 1.29 is 4.74 Å². The molecule has 0 saturated carbocycles. The molecular weight excluding hydrogens is 462 g/mol. The Morgan fingerprint density at radius 3 is 2.49 bits per heavy atom. The summed E-state index contributed by atoms with van der Waals surface area (Å²) in [6.07, 6.45) is 1.73. The number of nitriles is 1. The van der Waals surface area contributed by atoms with Crippen molar-refractivity contribution in [1.29, 1.82) is 5.26 Å². The van der Waals surface area contributed by atoms with Gasteiger partial charge in [0.15, 0.2) is 5.82 Å². The average molecular weight is 488 g/mol. The van der Waals surface area contributed by atoms with Crippen LogP contribution in [0.2, 0.25) is 0 Å². The number of benzene rings is 2. The Labute approximate surface area is 214 Å². The van der Waals surface area contributed by atoms with Gasteiger partial charge in [-0.2, -0.15) is 5.26 Å². The molecule has 0 saturated heterocycles. The topological polar surface area (TPSA) is 123 Å². The predicted molar refractivity (Wildman–Crippen MR) is 144 cm³/mol. The van der Waals surface area contributed by atoms with E-state index in [1.165, 1.54) is 0 Å². The molecule has 8 nitrogen and oxygen atoms in total. The Hall–Kier alpha value is -4.87. The Balaban J connectivity index is 1.61. The maximum absolute atomic E-state index is 10.2. The van der Waals surface area contributed by atoms with Gasteiger partial charge in [0.05, 0.1) is 23.9 Å². The third-order valence-electron chi connectivity index (χ3n) is 6.25. The van der Waals surface area contributed by atoms with Crippen LogP contribution in [0, 0.1) is 25.2 Å². The number of methoxy groups -OCH3 is 1. The normalized spacial score (nSPS) is 10.8. The summed E-state index contributed by atoms with van der Waals surface area (Å²) in [6.45, 7) is 4.19. The lowest BCUT2D eigenvalue weighted by atomic mass is 9.91. The number of rotatable bonds is 6. The molecule has 0 aliphatic carbocycles. The maximum atomic E-state index is 10.2. The van der Waals surface area contributed by atoms with Gasteiger partial charge in [0.2, 0.25) is 5.88 Å². The highest BCUT2D eigenvalue weighted by Crippen LogP contribution is 2.36. The van der Waals surface area contributed by atoms with Crippen LogP contribution in [0.5, 0.6) is 5.88 Å². The van der Waals surface area contributed by atoms with Crippen LogP contribution >= 0.6 is 0 Å². The van der Waals surface area contributed by atoms with Gasteiger partial charge in [0.25, 0.3) is 0 Å². The number of fused-ring (bicyclic) bond motifs is 1. The summed E-state index contributed by atoms with van der Waals surface area (Å²) in [5.41, 5.74) is 13.6. The molecule has 0 unspecified atom stereocenters. The number of pyridine rings is 2. The summed E-state index contributed by atoms with van der Waals surface area (Å²) in [4.78, 5) is 18.2. The van der Waals surface area contributed by atoms with E-state index >= 15 is 0 Å². The molecule has 3 N–H and O–H groups in total. The first-order valence-corrected chi connectivity index (χ1v) is 11.8. The van der Waals surface area contributed by atoms with Crippen molar-refractivity contribution in [3.63, 3.8) is 0 Å². The van der Waals surface area contributed by atoms with Gasteiger partial charge in [-0.05, 0) is 49.2 Å². The van der Waals surface area contributed by atoms with E-state index in [9.17, 15) is 5.26 Å². The zero-order chi connectivity index (χ0) is 25.9. The molecule has 3 heterocycles. The molecule has 0 amide bonds. The summed E-state index contributed by atoms with van der Waals surface area (Å²) >= 11 is 0. The number of ether oxygens (including phenoxy) is 1. The zero-order valence-electron chi connectivity index (χ0n) is 20.8. The van der Waals surface area contributed by atoms with Crippen LogP contribution in [-0.4, -0.2) is 27.0 Å². The molecule has 8 heteroatoms. The van der Waals surface area contributed by atoms with Gasteiger partial charge >= 0.3 is 0 Å². The monoisotopic (exact) mass is 487 g/mol. The summed E-state index contributed by atoms with van der Waals surface area (Å²) in [5.74, 6) is 1.74. The molecule has 3 aromatic heterocycles. The fourth-order valence-corrected chi connectivity index (χ4v) is 4.42. The second kappa shape index (κ2) is 10.0. The van der Waals surface area contributed by atoms with Gasteiger partial charge in [-0.15, -0.1) is 0 Å². The molecule has 182 valence electrons. The number of hydrogen-bond donors (Lipinski definition) is 2. The quantitative estimate of drug-likeness (QED) is 0.324. The van der Waals surface area contributed by atoms with Crippen molar-refractivity contribution in [1.82, 2.24) is 19.9 Å². The van der Waals surface area contributed by atoms with E-state index in [1.54, 1.807) is 13.3 Å². The molecule has 5 rings (SSSR count). The Kier molecular flexibility index (Phi) is 6.45. The number of nitrogens with two attached hydrogens (primary N) is 1.